The molecule has 2 aliphatic heterocycles. The van der Waals surface area contributed by atoms with E-state index in [1.54, 1.807) is 81.4 Å². The van der Waals surface area contributed by atoms with Gasteiger partial charge in [-0.25, -0.2) is 24.2 Å². The number of hydrogen-bond acceptors (Lipinski definition) is 18. The molecular formula is C51H75BN6O15S2. The number of amides is 6. The Morgan fingerprint density at radius 2 is 1.53 bits per heavy atom. The highest BCUT2D eigenvalue weighted by molar-refractivity contribution is 7.99. The van der Waals surface area contributed by atoms with Gasteiger partial charge in [0, 0.05) is 48.9 Å². The molecule has 5 aliphatic rings. The van der Waals surface area contributed by atoms with Crippen molar-refractivity contribution in [3.05, 3.63) is 34.3 Å². The lowest BCUT2D eigenvalue weighted by Gasteiger charge is -2.64. The molecule has 6 atom stereocenters. The molecule has 3 saturated carbocycles. The summed E-state index contributed by atoms with van der Waals surface area (Å²) in [5, 5.41) is 9.69. The summed E-state index contributed by atoms with van der Waals surface area (Å²) < 4.78 is 48.6. The van der Waals surface area contributed by atoms with Crippen LogP contribution in [-0.4, -0.2) is 143 Å². The first kappa shape index (κ1) is 59.2. The summed E-state index contributed by atoms with van der Waals surface area (Å²) in [6.45, 7) is 27.9. The number of thioether (sulfide) groups is 1. The quantitative estimate of drug-likeness (QED) is 0.0246. The van der Waals surface area contributed by atoms with E-state index in [0.717, 1.165) is 22.7 Å². The second-order valence-corrected chi connectivity index (χ2v) is 24.7. The number of esters is 1. The molecule has 414 valence electrons. The van der Waals surface area contributed by atoms with Gasteiger partial charge in [0.15, 0.2) is 23.2 Å². The molecule has 3 aliphatic carbocycles. The van der Waals surface area contributed by atoms with Crippen molar-refractivity contribution in [2.75, 3.05) is 43.9 Å². The Morgan fingerprint density at radius 3 is 2.13 bits per heavy atom. The summed E-state index contributed by atoms with van der Waals surface area (Å²) in [7, 11) is -1.16. The summed E-state index contributed by atoms with van der Waals surface area (Å²) in [6.07, 6.45) is -1.59. The second-order valence-electron chi connectivity index (χ2n) is 22.7. The van der Waals surface area contributed by atoms with Gasteiger partial charge in [-0.15, -0.1) is 23.1 Å². The molecule has 5 fully saturated rings. The largest absolute Gasteiger partial charge is 0.514 e. The minimum atomic E-state index is -1.67. The molecule has 1 unspecified atom stereocenters. The third-order valence-electron chi connectivity index (χ3n) is 13.4. The third-order valence-corrected chi connectivity index (χ3v) is 15.3. The fourth-order valence-corrected chi connectivity index (χ4v) is 11.6. The molecule has 0 spiro atoms. The van der Waals surface area contributed by atoms with Gasteiger partial charge in [-0.1, -0.05) is 19.9 Å². The fourth-order valence-electron chi connectivity index (χ4n) is 9.86. The summed E-state index contributed by atoms with van der Waals surface area (Å²) in [6, 6.07) is 0.615. The van der Waals surface area contributed by atoms with Crippen LogP contribution in [0.15, 0.2) is 22.4 Å². The average Bonchev–Trinajstić information content (AvgIpc) is 3.90. The molecule has 21 nitrogen and oxygen atoms in total. The Balaban J connectivity index is 1.46. The monoisotopic (exact) mass is 1090 g/mol. The van der Waals surface area contributed by atoms with Gasteiger partial charge < -0.3 is 53.3 Å². The molecule has 0 radical (unpaired) electrons. The number of carbonyl (C=O) groups excluding carboxylic acids is 7. The van der Waals surface area contributed by atoms with Gasteiger partial charge in [0.1, 0.15) is 22.4 Å². The molecule has 3 heterocycles. The molecule has 24 heteroatoms. The number of carbonyl (C=O) groups is 7. The molecule has 2 aromatic rings. The summed E-state index contributed by atoms with van der Waals surface area (Å²) >= 11 is 2.16. The first-order chi connectivity index (χ1) is 34.9. The van der Waals surface area contributed by atoms with Gasteiger partial charge >= 0.3 is 43.2 Å². The Labute approximate surface area is 448 Å². The van der Waals surface area contributed by atoms with E-state index in [1.807, 2.05) is 20.8 Å². The number of nitrogens with zero attached hydrogens (tertiary/aromatic N) is 3. The van der Waals surface area contributed by atoms with E-state index in [1.165, 1.54) is 22.0 Å². The lowest BCUT2D eigenvalue weighted by molar-refractivity contribution is -0.199. The van der Waals surface area contributed by atoms with Crippen molar-refractivity contribution in [3.8, 4) is 5.75 Å². The Bertz CT molecular complexity index is 2470. The summed E-state index contributed by atoms with van der Waals surface area (Å²) in [5.41, 5.74) is -3.64. The molecule has 3 N–H and O–H groups in total. The molecule has 1 aromatic carbocycles. The highest BCUT2D eigenvalue weighted by atomic mass is 32.2. The van der Waals surface area contributed by atoms with Crippen LogP contribution in [0.1, 0.15) is 144 Å². The Kier molecular flexibility index (Phi) is 18.4. The number of nitrogens with one attached hydrogen (secondary N) is 3. The van der Waals surface area contributed by atoms with Gasteiger partial charge in [0.05, 0.1) is 23.3 Å². The van der Waals surface area contributed by atoms with Crippen LogP contribution in [0, 0.1) is 17.3 Å². The normalized spacial score (nSPS) is 22.2. The van der Waals surface area contributed by atoms with Crippen molar-refractivity contribution in [3.63, 3.8) is 0 Å². The topological polar surface area (TPSA) is 249 Å². The van der Waals surface area contributed by atoms with Crippen molar-refractivity contribution in [1.29, 1.82) is 0 Å². The SMILES string of the molecule is CCOC(CSc1ccc(C[C@H](NC(=O)C(NC(=O)N2CCN(CC)C(=O)C2=O)c2csc(NC(=O)OC(C)(C)C)n2)B2O[C@@H]3C[C@@H]4C[C@@H](C4(C)C)[C@]3(C)O2)c(OC(=O)OC(C)(C)C)c1C(=O)OC(C)(C)C)OCC. The molecule has 6 amide bonds. The number of urea groups is 1. The minimum Gasteiger partial charge on any atom is -0.456 e. The molecule has 2 saturated heterocycles. The van der Waals surface area contributed by atoms with E-state index < -0.39 is 89.8 Å². The van der Waals surface area contributed by atoms with E-state index in [-0.39, 0.29) is 76.9 Å². The van der Waals surface area contributed by atoms with Crippen LogP contribution in [0.25, 0.3) is 0 Å². The maximum Gasteiger partial charge on any atom is 0.514 e. The number of imide groups is 1. The van der Waals surface area contributed by atoms with E-state index in [0.29, 0.717) is 30.4 Å². The number of piperazine rings is 1. The van der Waals surface area contributed by atoms with Crippen molar-refractivity contribution < 1.29 is 71.3 Å². The van der Waals surface area contributed by atoms with E-state index in [2.05, 4.69) is 34.8 Å². The summed E-state index contributed by atoms with van der Waals surface area (Å²) in [5.74, 6) is -4.34. The van der Waals surface area contributed by atoms with E-state index in [9.17, 15) is 28.8 Å². The van der Waals surface area contributed by atoms with Crippen LogP contribution < -0.4 is 20.7 Å². The van der Waals surface area contributed by atoms with Crippen LogP contribution in [-0.2, 0) is 53.8 Å². The number of thiazole rings is 1. The fraction of sp³-hybridized carbons (Fsp3) is 0.686. The lowest BCUT2D eigenvalue weighted by atomic mass is 9.43. The third kappa shape index (κ3) is 14.3. The second kappa shape index (κ2) is 23.3. The Morgan fingerprint density at radius 1 is 0.880 bits per heavy atom. The maximum atomic E-state index is 15.2. The number of benzene rings is 1. The van der Waals surface area contributed by atoms with Gasteiger partial charge in [-0.3, -0.25) is 24.6 Å². The number of aromatic nitrogens is 1. The number of likely N-dealkylation sites (N-methyl/N-ethyl adjacent to an activating group) is 1. The van der Waals surface area contributed by atoms with E-state index in [4.69, 9.17) is 37.7 Å². The van der Waals surface area contributed by atoms with Gasteiger partial charge in [0.2, 0.25) is 5.91 Å². The zero-order valence-corrected chi connectivity index (χ0v) is 47.6. The molecular weight excluding hydrogens is 1010 g/mol. The zero-order valence-electron chi connectivity index (χ0n) is 45.9. The van der Waals surface area contributed by atoms with Gasteiger partial charge in [-0.2, -0.15) is 0 Å². The van der Waals surface area contributed by atoms with E-state index >= 15 is 4.79 Å². The highest BCUT2D eigenvalue weighted by Gasteiger charge is 2.68. The predicted molar refractivity (Wildman–Crippen MR) is 279 cm³/mol. The van der Waals surface area contributed by atoms with Crippen LogP contribution in [0.4, 0.5) is 19.5 Å². The van der Waals surface area contributed by atoms with Crippen molar-refractivity contribution in [2.24, 2.45) is 17.3 Å². The number of anilines is 1. The van der Waals surface area contributed by atoms with Gasteiger partial charge in [-0.05, 0) is 138 Å². The minimum absolute atomic E-state index is 0.0251. The van der Waals surface area contributed by atoms with Gasteiger partial charge in [0.25, 0.3) is 0 Å². The average molecular weight is 1090 g/mol. The standard InChI is InChI=1S/C51H75BN6O15S2/c1-16-57-21-22-58(41(61)40(57)60)44(63)55-37(30-26-75-43(53-30)56-45(64)70-48(7,8)9)39(59)54-34(52-72-33-25-29-24-32(50(29,13)14)51(33,15)73-52)23-28-19-20-31(74-27-35(66-17-2)67-18-3)36(42(62)69-47(4,5)6)38(28)68-46(65)71-49(10,11)12/h19-20,26,29,32-35,37H,16-18,21-25,27H2,1-15H3,(H,54,59)(H,55,63)(H,53,56,64)/t29-,32-,33+,34-,37?,51-/m0/s1. The zero-order chi connectivity index (χ0) is 55.6. The van der Waals surface area contributed by atoms with Crippen molar-refractivity contribution in [1.82, 2.24) is 25.4 Å². The molecule has 75 heavy (non-hydrogen) atoms. The maximum absolute atomic E-state index is 15.2. The van der Waals surface area contributed by atoms with Crippen LogP contribution in [0.2, 0.25) is 0 Å². The van der Waals surface area contributed by atoms with Crippen LogP contribution in [0.5, 0.6) is 5.75 Å². The first-order valence-corrected chi connectivity index (χ1v) is 27.4. The number of ether oxygens (including phenoxy) is 6. The van der Waals surface area contributed by atoms with Crippen molar-refractivity contribution >= 4 is 77.3 Å². The number of rotatable bonds is 18. The van der Waals surface area contributed by atoms with Crippen LogP contribution >= 0.6 is 23.1 Å². The molecule has 2 bridgehead atoms. The van der Waals surface area contributed by atoms with Crippen molar-refractivity contribution in [2.45, 2.75) is 175 Å². The molecule has 7 rings (SSSR count). The molecule has 1 aromatic heterocycles. The first-order valence-electron chi connectivity index (χ1n) is 25.5. The smallest absolute Gasteiger partial charge is 0.456 e. The summed E-state index contributed by atoms with van der Waals surface area (Å²) in [4.78, 5) is 104. The highest BCUT2D eigenvalue weighted by Crippen LogP contribution is 2.66. The van der Waals surface area contributed by atoms with Crippen LogP contribution in [0.3, 0.4) is 0 Å². The lowest BCUT2D eigenvalue weighted by Crippen LogP contribution is -2.65. The number of hydrogen-bond donors (Lipinski definition) is 3. The Hall–Kier alpha value is -5.01. The predicted octanol–water partition coefficient (Wildman–Crippen LogP) is 7.69.